The zero-order valence-electron chi connectivity index (χ0n) is 8.76. The molecule has 0 amide bonds. The Balaban J connectivity index is 2.86. The summed E-state index contributed by atoms with van der Waals surface area (Å²) in [6.07, 6.45) is 1.88. The van der Waals surface area contributed by atoms with Crippen molar-refractivity contribution in [2.75, 3.05) is 0 Å². The van der Waals surface area contributed by atoms with Crippen molar-refractivity contribution >= 4 is 28.4 Å². The molecule has 2 rings (SSSR count). The molecule has 0 nitrogen and oxygen atoms in total. The van der Waals surface area contributed by atoms with Gasteiger partial charge in [0.2, 0.25) is 0 Å². The van der Waals surface area contributed by atoms with Crippen molar-refractivity contribution in [1.82, 2.24) is 0 Å². The molecule has 0 N–H and O–H groups in total. The molecule has 0 saturated heterocycles. The number of benzene rings is 2. The van der Waals surface area contributed by atoms with E-state index in [2.05, 4.69) is 43.8 Å². The number of fused-ring (bicyclic) bond motifs is 1. The van der Waals surface area contributed by atoms with Crippen LogP contribution in [0.25, 0.3) is 16.8 Å². The molecule has 0 saturated carbocycles. The van der Waals surface area contributed by atoms with Crippen molar-refractivity contribution in [3.63, 3.8) is 0 Å². The topological polar surface area (TPSA) is 0 Å². The number of aryl methyl sites for hydroxylation is 1. The number of hydrogen-bond acceptors (Lipinski definition) is 0. The average molecular weight is 217 g/mol. The van der Waals surface area contributed by atoms with Gasteiger partial charge < -0.3 is 0 Å². The summed E-state index contributed by atoms with van der Waals surface area (Å²) in [5.74, 6) is 0.553. The minimum atomic E-state index is 0.553. The average Bonchev–Trinajstić information content (AvgIpc) is 2.27. The second-order valence-corrected chi connectivity index (χ2v) is 3.97. The van der Waals surface area contributed by atoms with Crippen LogP contribution in [0.1, 0.15) is 16.7 Å². The molecule has 0 spiro atoms. The first-order chi connectivity index (χ1) is 7.26. The summed E-state index contributed by atoms with van der Waals surface area (Å²) in [6, 6.07) is 10.6. The van der Waals surface area contributed by atoms with Crippen LogP contribution in [0.2, 0.25) is 0 Å². The van der Waals surface area contributed by atoms with Gasteiger partial charge in [0, 0.05) is 5.88 Å². The fourth-order valence-electron chi connectivity index (χ4n) is 1.84. The van der Waals surface area contributed by atoms with E-state index in [1.807, 2.05) is 6.08 Å². The van der Waals surface area contributed by atoms with Crippen LogP contribution in [0.4, 0.5) is 0 Å². The highest BCUT2D eigenvalue weighted by molar-refractivity contribution is 6.18. The van der Waals surface area contributed by atoms with E-state index < -0.39 is 0 Å². The number of halogens is 1. The molecule has 0 aromatic heterocycles. The van der Waals surface area contributed by atoms with Gasteiger partial charge in [0.25, 0.3) is 0 Å². The first-order valence-corrected chi connectivity index (χ1v) is 5.50. The maximum Gasteiger partial charge on any atom is 0.0480 e. The molecule has 0 aliphatic carbocycles. The van der Waals surface area contributed by atoms with E-state index in [9.17, 15) is 0 Å². The third-order valence-corrected chi connectivity index (χ3v) is 2.95. The smallest absolute Gasteiger partial charge is 0.0480 e. The first kappa shape index (κ1) is 10.3. The number of alkyl halides is 1. The normalized spacial score (nSPS) is 10.5. The van der Waals surface area contributed by atoms with Crippen molar-refractivity contribution in [2.45, 2.75) is 12.8 Å². The molecule has 2 aromatic carbocycles. The Kier molecular flexibility index (Phi) is 2.79. The fraction of sp³-hybridized carbons (Fsp3) is 0.143. The van der Waals surface area contributed by atoms with Crippen LogP contribution in [0, 0.1) is 6.92 Å². The lowest BCUT2D eigenvalue weighted by Gasteiger charge is -2.07. The fourth-order valence-corrected chi connectivity index (χ4v) is 2.07. The standard InChI is InChI=1S/C14H13Cl/c1-3-11-5-6-12(9-15)14-8-10(2)4-7-13(11)14/h3-8H,1,9H2,2H3. The van der Waals surface area contributed by atoms with E-state index in [4.69, 9.17) is 11.6 Å². The van der Waals surface area contributed by atoms with E-state index >= 15 is 0 Å². The minimum absolute atomic E-state index is 0.553. The van der Waals surface area contributed by atoms with Gasteiger partial charge in [-0.05, 0) is 28.8 Å². The van der Waals surface area contributed by atoms with Gasteiger partial charge in [0.1, 0.15) is 0 Å². The Labute approximate surface area is 95.2 Å². The third kappa shape index (κ3) is 1.78. The van der Waals surface area contributed by atoms with Crippen molar-refractivity contribution in [3.8, 4) is 0 Å². The zero-order chi connectivity index (χ0) is 10.8. The van der Waals surface area contributed by atoms with Crippen LogP contribution in [-0.4, -0.2) is 0 Å². The maximum absolute atomic E-state index is 5.93. The molecule has 76 valence electrons. The second-order valence-electron chi connectivity index (χ2n) is 3.70. The van der Waals surface area contributed by atoms with E-state index in [1.54, 1.807) is 0 Å². The molecule has 1 heteroatoms. The highest BCUT2D eigenvalue weighted by Crippen LogP contribution is 2.25. The molecule has 0 heterocycles. The highest BCUT2D eigenvalue weighted by atomic mass is 35.5. The summed E-state index contributed by atoms with van der Waals surface area (Å²) in [5, 5.41) is 2.47. The predicted molar refractivity (Wildman–Crippen MR) is 68.3 cm³/mol. The lowest BCUT2D eigenvalue weighted by Crippen LogP contribution is -1.86. The molecule has 0 bridgehead atoms. The molecular formula is C14H13Cl. The lowest BCUT2D eigenvalue weighted by atomic mass is 9.98. The molecule has 15 heavy (non-hydrogen) atoms. The Morgan fingerprint density at radius 1 is 1.20 bits per heavy atom. The number of hydrogen-bond donors (Lipinski definition) is 0. The molecule has 2 aromatic rings. The van der Waals surface area contributed by atoms with Crippen LogP contribution in [0.15, 0.2) is 36.9 Å². The SMILES string of the molecule is C=Cc1ccc(CCl)c2cc(C)ccc12. The van der Waals surface area contributed by atoms with Gasteiger partial charge in [-0.25, -0.2) is 0 Å². The monoisotopic (exact) mass is 216 g/mol. The van der Waals surface area contributed by atoms with Crippen molar-refractivity contribution in [3.05, 3.63) is 53.6 Å². The Hall–Kier alpha value is -1.27. The summed E-state index contributed by atoms with van der Waals surface area (Å²) in [4.78, 5) is 0. The molecule has 0 fully saturated rings. The quantitative estimate of drug-likeness (QED) is 0.647. The summed E-state index contributed by atoms with van der Waals surface area (Å²) in [5.41, 5.74) is 3.61. The van der Waals surface area contributed by atoms with E-state index in [0.717, 1.165) is 0 Å². The minimum Gasteiger partial charge on any atom is -0.122 e. The highest BCUT2D eigenvalue weighted by Gasteiger charge is 2.03. The Morgan fingerprint density at radius 3 is 2.67 bits per heavy atom. The zero-order valence-corrected chi connectivity index (χ0v) is 9.51. The van der Waals surface area contributed by atoms with Gasteiger partial charge in [0.15, 0.2) is 0 Å². The predicted octanol–water partition coefficient (Wildman–Crippen LogP) is 4.53. The molecular weight excluding hydrogens is 204 g/mol. The molecule has 0 aliphatic heterocycles. The summed E-state index contributed by atoms with van der Waals surface area (Å²) in [7, 11) is 0. The van der Waals surface area contributed by atoms with Gasteiger partial charge >= 0.3 is 0 Å². The van der Waals surface area contributed by atoms with Gasteiger partial charge in [-0.1, -0.05) is 48.6 Å². The van der Waals surface area contributed by atoms with Gasteiger partial charge in [-0.15, -0.1) is 11.6 Å². The van der Waals surface area contributed by atoms with Crippen LogP contribution in [0.5, 0.6) is 0 Å². The van der Waals surface area contributed by atoms with E-state index in [-0.39, 0.29) is 0 Å². The molecule has 0 radical (unpaired) electrons. The van der Waals surface area contributed by atoms with Crippen molar-refractivity contribution in [2.24, 2.45) is 0 Å². The van der Waals surface area contributed by atoms with Gasteiger partial charge in [0.05, 0.1) is 0 Å². The molecule has 0 atom stereocenters. The molecule has 0 unspecified atom stereocenters. The Bertz CT molecular complexity index is 512. The summed E-state index contributed by atoms with van der Waals surface area (Å²) in [6.45, 7) is 5.92. The maximum atomic E-state index is 5.93. The van der Waals surface area contributed by atoms with Gasteiger partial charge in [-0.2, -0.15) is 0 Å². The Morgan fingerprint density at radius 2 is 2.00 bits per heavy atom. The second kappa shape index (κ2) is 4.08. The van der Waals surface area contributed by atoms with Crippen molar-refractivity contribution in [1.29, 1.82) is 0 Å². The third-order valence-electron chi connectivity index (χ3n) is 2.66. The van der Waals surface area contributed by atoms with Crippen molar-refractivity contribution < 1.29 is 0 Å². The van der Waals surface area contributed by atoms with Crippen LogP contribution in [0.3, 0.4) is 0 Å². The van der Waals surface area contributed by atoms with Gasteiger partial charge in [-0.3, -0.25) is 0 Å². The lowest BCUT2D eigenvalue weighted by molar-refractivity contribution is 1.42. The van der Waals surface area contributed by atoms with Crippen LogP contribution in [-0.2, 0) is 5.88 Å². The summed E-state index contributed by atoms with van der Waals surface area (Å²) < 4.78 is 0. The first-order valence-electron chi connectivity index (χ1n) is 4.97. The van der Waals surface area contributed by atoms with E-state index in [0.29, 0.717) is 5.88 Å². The van der Waals surface area contributed by atoms with Crippen LogP contribution >= 0.6 is 11.6 Å². The van der Waals surface area contributed by atoms with Crippen LogP contribution < -0.4 is 0 Å². The van der Waals surface area contributed by atoms with E-state index in [1.165, 1.54) is 27.5 Å². The number of rotatable bonds is 2. The molecule has 0 aliphatic rings. The largest absolute Gasteiger partial charge is 0.122 e. The summed E-state index contributed by atoms with van der Waals surface area (Å²) >= 11 is 5.93.